The van der Waals surface area contributed by atoms with Gasteiger partial charge < -0.3 is 5.32 Å². The highest BCUT2D eigenvalue weighted by atomic mass is 32.2. The van der Waals surface area contributed by atoms with E-state index in [1.54, 1.807) is 24.3 Å². The second kappa shape index (κ2) is 8.92. The number of hydrogen-bond acceptors (Lipinski definition) is 3. The van der Waals surface area contributed by atoms with Crippen molar-refractivity contribution in [2.45, 2.75) is 18.2 Å². The third kappa shape index (κ3) is 4.84. The Morgan fingerprint density at radius 1 is 0.931 bits per heavy atom. The van der Waals surface area contributed by atoms with E-state index in [0.29, 0.717) is 24.2 Å². The summed E-state index contributed by atoms with van der Waals surface area (Å²) in [7, 11) is -2.26. The van der Waals surface area contributed by atoms with Crippen LogP contribution >= 0.6 is 0 Å². The summed E-state index contributed by atoms with van der Waals surface area (Å²) < 4.78 is 27.4. The molecule has 0 fully saturated rings. The summed E-state index contributed by atoms with van der Waals surface area (Å²) in [6.07, 6.45) is 0.709. The van der Waals surface area contributed by atoms with Crippen LogP contribution < -0.4 is 9.62 Å². The minimum Gasteiger partial charge on any atom is -0.352 e. The van der Waals surface area contributed by atoms with Crippen molar-refractivity contribution in [3.8, 4) is 0 Å². The second-order valence-electron chi connectivity index (χ2n) is 6.78. The largest absolute Gasteiger partial charge is 0.352 e. The highest BCUT2D eigenvalue weighted by molar-refractivity contribution is 7.92. The fraction of sp³-hybridized carbons (Fsp3) is 0.174. The first-order chi connectivity index (χ1) is 13.9. The first kappa shape index (κ1) is 20.6. The minimum absolute atomic E-state index is 0.0824. The molecule has 5 nitrogen and oxygen atoms in total. The number of hydrogen-bond donors (Lipinski definition) is 1. The lowest BCUT2D eigenvalue weighted by molar-refractivity contribution is 0.0954. The third-order valence-corrected chi connectivity index (χ3v) is 6.52. The average Bonchev–Trinajstić information content (AvgIpc) is 2.74. The van der Waals surface area contributed by atoms with Crippen molar-refractivity contribution in [3.63, 3.8) is 0 Å². The number of nitrogens with one attached hydrogen (secondary N) is 1. The molecule has 0 saturated carbocycles. The van der Waals surface area contributed by atoms with Crippen molar-refractivity contribution in [1.82, 2.24) is 5.32 Å². The van der Waals surface area contributed by atoms with E-state index in [1.807, 2.05) is 49.4 Å². The van der Waals surface area contributed by atoms with Crippen LogP contribution in [0.3, 0.4) is 0 Å². The number of anilines is 1. The Bertz CT molecular complexity index is 1100. The molecule has 150 valence electrons. The van der Waals surface area contributed by atoms with Crippen molar-refractivity contribution >= 4 is 21.6 Å². The highest BCUT2D eigenvalue weighted by Crippen LogP contribution is 2.25. The first-order valence-corrected chi connectivity index (χ1v) is 10.8. The topological polar surface area (TPSA) is 66.5 Å². The molecule has 0 heterocycles. The molecular formula is C23H24N2O3S. The molecule has 3 aromatic rings. The Morgan fingerprint density at radius 2 is 1.62 bits per heavy atom. The normalized spacial score (nSPS) is 11.1. The fourth-order valence-electron chi connectivity index (χ4n) is 3.07. The summed E-state index contributed by atoms with van der Waals surface area (Å²) >= 11 is 0. The SMILES string of the molecule is Cc1ccccc1N(C)S(=O)(=O)c1cccc(C(=O)NCCc2ccccc2)c1. The molecule has 0 aliphatic carbocycles. The number of rotatable bonds is 7. The molecule has 0 radical (unpaired) electrons. The standard InChI is InChI=1S/C23H24N2O3S/c1-18-9-6-7-14-22(18)25(2)29(27,28)21-13-8-12-20(17-21)23(26)24-16-15-19-10-4-3-5-11-19/h3-14,17H,15-16H2,1-2H3,(H,24,26). The molecule has 0 atom stereocenters. The van der Waals surface area contributed by atoms with Gasteiger partial charge in [0.15, 0.2) is 0 Å². The summed E-state index contributed by atoms with van der Waals surface area (Å²) in [5, 5.41) is 2.85. The average molecular weight is 409 g/mol. The molecular weight excluding hydrogens is 384 g/mol. The Balaban J connectivity index is 1.74. The zero-order valence-corrected chi connectivity index (χ0v) is 17.3. The number of benzene rings is 3. The molecule has 6 heteroatoms. The molecule has 1 N–H and O–H groups in total. The van der Waals surface area contributed by atoms with E-state index in [1.165, 1.54) is 23.5 Å². The van der Waals surface area contributed by atoms with Crippen LogP contribution in [-0.2, 0) is 16.4 Å². The smallest absolute Gasteiger partial charge is 0.264 e. The molecule has 0 aliphatic heterocycles. The van der Waals surface area contributed by atoms with Gasteiger partial charge in [-0.25, -0.2) is 8.42 Å². The maximum atomic E-state index is 13.1. The zero-order valence-electron chi connectivity index (χ0n) is 16.5. The van der Waals surface area contributed by atoms with E-state index in [-0.39, 0.29) is 10.8 Å². The third-order valence-electron chi connectivity index (χ3n) is 4.75. The van der Waals surface area contributed by atoms with Gasteiger partial charge in [-0.05, 0) is 48.7 Å². The summed E-state index contributed by atoms with van der Waals surface area (Å²) in [5.74, 6) is -0.295. The van der Waals surface area contributed by atoms with E-state index in [0.717, 1.165) is 11.1 Å². The van der Waals surface area contributed by atoms with Crippen molar-refractivity contribution < 1.29 is 13.2 Å². The molecule has 29 heavy (non-hydrogen) atoms. The van der Waals surface area contributed by atoms with Crippen molar-refractivity contribution in [3.05, 3.63) is 95.6 Å². The van der Waals surface area contributed by atoms with E-state index in [4.69, 9.17) is 0 Å². The predicted octanol–water partition coefficient (Wildman–Crippen LogP) is 3.79. The van der Waals surface area contributed by atoms with Gasteiger partial charge in [-0.3, -0.25) is 9.10 Å². The van der Waals surface area contributed by atoms with Crippen LogP contribution in [0.5, 0.6) is 0 Å². The molecule has 3 aromatic carbocycles. The minimum atomic E-state index is -3.78. The lowest BCUT2D eigenvalue weighted by Gasteiger charge is -2.21. The van der Waals surface area contributed by atoms with Crippen molar-refractivity contribution in [1.29, 1.82) is 0 Å². The molecule has 1 amide bonds. The van der Waals surface area contributed by atoms with Gasteiger partial charge in [-0.2, -0.15) is 0 Å². The van der Waals surface area contributed by atoms with Gasteiger partial charge in [-0.1, -0.05) is 54.6 Å². The van der Waals surface area contributed by atoms with Crippen LogP contribution in [0.2, 0.25) is 0 Å². The van der Waals surface area contributed by atoms with Gasteiger partial charge in [-0.15, -0.1) is 0 Å². The molecule has 0 spiro atoms. The van der Waals surface area contributed by atoms with Crippen LogP contribution in [0.25, 0.3) is 0 Å². The van der Waals surface area contributed by atoms with Crippen LogP contribution in [0, 0.1) is 6.92 Å². The van der Waals surface area contributed by atoms with Gasteiger partial charge in [0, 0.05) is 19.2 Å². The van der Waals surface area contributed by atoms with Gasteiger partial charge in [0.1, 0.15) is 0 Å². The first-order valence-electron chi connectivity index (χ1n) is 9.36. The molecule has 3 rings (SSSR count). The number of nitrogens with zero attached hydrogens (tertiary/aromatic N) is 1. The lowest BCUT2D eigenvalue weighted by atomic mass is 10.1. The summed E-state index contributed by atoms with van der Waals surface area (Å²) in [6.45, 7) is 2.33. The molecule has 0 aliphatic rings. The number of aryl methyl sites for hydroxylation is 1. The Hall–Kier alpha value is -3.12. The maximum absolute atomic E-state index is 13.1. The second-order valence-corrected chi connectivity index (χ2v) is 8.75. The number of para-hydroxylation sites is 1. The lowest BCUT2D eigenvalue weighted by Crippen LogP contribution is -2.28. The van der Waals surface area contributed by atoms with Crippen molar-refractivity contribution in [2.75, 3.05) is 17.9 Å². The van der Waals surface area contributed by atoms with E-state index in [2.05, 4.69) is 5.32 Å². The molecule has 0 saturated heterocycles. The number of carbonyl (C=O) groups excluding carboxylic acids is 1. The monoisotopic (exact) mass is 408 g/mol. The Labute approximate surface area is 172 Å². The Morgan fingerprint density at radius 3 is 2.34 bits per heavy atom. The predicted molar refractivity (Wildman–Crippen MR) is 116 cm³/mol. The van der Waals surface area contributed by atoms with Gasteiger partial charge in [0.05, 0.1) is 10.6 Å². The fourth-order valence-corrected chi connectivity index (χ4v) is 4.38. The molecule has 0 bridgehead atoms. The number of amides is 1. The van der Waals surface area contributed by atoms with E-state index < -0.39 is 10.0 Å². The van der Waals surface area contributed by atoms with Gasteiger partial charge in [0.25, 0.3) is 15.9 Å². The quantitative estimate of drug-likeness (QED) is 0.647. The van der Waals surface area contributed by atoms with Gasteiger partial charge in [0.2, 0.25) is 0 Å². The molecule has 0 unspecified atom stereocenters. The number of sulfonamides is 1. The van der Waals surface area contributed by atoms with Crippen LogP contribution in [-0.4, -0.2) is 27.9 Å². The van der Waals surface area contributed by atoms with Crippen LogP contribution in [0.15, 0.2) is 83.8 Å². The van der Waals surface area contributed by atoms with E-state index in [9.17, 15) is 13.2 Å². The summed E-state index contributed by atoms with van der Waals surface area (Å²) in [6, 6.07) is 23.3. The van der Waals surface area contributed by atoms with Crippen LogP contribution in [0.4, 0.5) is 5.69 Å². The van der Waals surface area contributed by atoms with Gasteiger partial charge >= 0.3 is 0 Å². The summed E-state index contributed by atoms with van der Waals surface area (Å²) in [4.78, 5) is 12.6. The summed E-state index contributed by atoms with van der Waals surface area (Å²) in [5.41, 5.74) is 2.90. The van der Waals surface area contributed by atoms with E-state index >= 15 is 0 Å². The zero-order chi connectivity index (χ0) is 20.9. The molecule has 0 aromatic heterocycles. The van der Waals surface area contributed by atoms with Crippen molar-refractivity contribution in [2.24, 2.45) is 0 Å². The highest BCUT2D eigenvalue weighted by Gasteiger charge is 2.23. The van der Waals surface area contributed by atoms with Crippen LogP contribution in [0.1, 0.15) is 21.5 Å². The maximum Gasteiger partial charge on any atom is 0.264 e. The number of carbonyl (C=O) groups is 1. The Kier molecular flexibility index (Phi) is 6.34.